The number of ether oxygens (including phenoxy) is 3. The van der Waals surface area contributed by atoms with Gasteiger partial charge in [-0.2, -0.15) is 0 Å². The first-order chi connectivity index (χ1) is 28.7. The molecule has 1 spiro atoms. The smallest absolute Gasteiger partial charge is 0.313 e. The molecule has 0 aliphatic carbocycles. The number of amides is 3. The Balaban J connectivity index is 1.39. The van der Waals surface area contributed by atoms with Crippen molar-refractivity contribution in [2.24, 2.45) is 11.8 Å². The lowest BCUT2D eigenvalue weighted by atomic mass is 9.70. The lowest BCUT2D eigenvalue weighted by Gasteiger charge is -2.39. The average molecular weight is 807 g/mol. The maximum atomic E-state index is 15.3. The summed E-state index contributed by atoms with van der Waals surface area (Å²) in [7, 11) is 1.51. The van der Waals surface area contributed by atoms with Gasteiger partial charge >= 0.3 is 5.97 Å². The Morgan fingerprint density at radius 2 is 1.64 bits per heavy atom. The maximum absolute atomic E-state index is 15.3. The van der Waals surface area contributed by atoms with Crippen molar-refractivity contribution in [1.29, 1.82) is 0 Å². The second-order valence-corrected chi connectivity index (χ2v) is 15.5. The molecule has 0 radical (unpaired) electrons. The summed E-state index contributed by atoms with van der Waals surface area (Å²) in [5.41, 5.74) is 1.77. The summed E-state index contributed by atoms with van der Waals surface area (Å²) in [6.45, 7) is 13.3. The minimum Gasteiger partial charge on any atom is -0.455 e. The maximum Gasteiger partial charge on any atom is 0.313 e. The van der Waals surface area contributed by atoms with Gasteiger partial charge in [-0.25, -0.2) is 0 Å². The van der Waals surface area contributed by atoms with Crippen molar-refractivity contribution in [3.8, 4) is 0 Å². The monoisotopic (exact) mass is 806 g/mol. The fraction of sp³-hybridized carbons (Fsp3) is 0.447. The second kappa shape index (κ2) is 19.6. The van der Waals surface area contributed by atoms with E-state index < -0.39 is 66.3 Å². The molecule has 6 rings (SSSR count). The van der Waals surface area contributed by atoms with Gasteiger partial charge in [-0.1, -0.05) is 72.8 Å². The van der Waals surface area contributed by atoms with Crippen molar-refractivity contribution < 1.29 is 38.5 Å². The van der Waals surface area contributed by atoms with E-state index in [4.69, 9.17) is 14.2 Å². The number of anilines is 2. The molecule has 59 heavy (non-hydrogen) atoms. The van der Waals surface area contributed by atoms with Crippen LogP contribution in [-0.4, -0.2) is 103 Å². The van der Waals surface area contributed by atoms with E-state index in [0.717, 1.165) is 24.3 Å². The second-order valence-electron chi connectivity index (χ2n) is 15.5. The van der Waals surface area contributed by atoms with E-state index >= 15 is 9.59 Å². The quantitative estimate of drug-likeness (QED) is 0.107. The molecule has 3 aliphatic heterocycles. The van der Waals surface area contributed by atoms with Crippen LogP contribution in [0, 0.1) is 11.8 Å². The first kappa shape index (κ1) is 43.3. The molecule has 3 fully saturated rings. The zero-order chi connectivity index (χ0) is 42.1. The van der Waals surface area contributed by atoms with Gasteiger partial charge in [-0.15, -0.1) is 13.2 Å². The Morgan fingerprint density at radius 1 is 0.983 bits per heavy atom. The zero-order valence-corrected chi connectivity index (χ0v) is 34.4. The Hall–Kier alpha value is -5.30. The largest absolute Gasteiger partial charge is 0.455 e. The predicted octanol–water partition coefficient (Wildman–Crippen LogP) is 5.41. The molecule has 2 bridgehead atoms. The number of nitrogens with zero attached hydrogens (tertiary/aromatic N) is 3. The minimum atomic E-state index is -1.37. The Bertz CT molecular complexity index is 1920. The van der Waals surface area contributed by atoms with E-state index in [1.807, 2.05) is 84.9 Å². The molecule has 8 atom stereocenters. The first-order valence-electron chi connectivity index (χ1n) is 20.7. The van der Waals surface area contributed by atoms with Crippen LogP contribution in [0.3, 0.4) is 0 Å². The molecule has 3 amide bonds. The molecule has 3 saturated heterocycles. The van der Waals surface area contributed by atoms with Crippen molar-refractivity contribution in [3.63, 3.8) is 0 Å². The lowest BCUT2D eigenvalue weighted by molar-refractivity contribution is -0.163. The molecule has 0 saturated carbocycles. The summed E-state index contributed by atoms with van der Waals surface area (Å²) in [6.07, 6.45) is 3.34. The van der Waals surface area contributed by atoms with Crippen LogP contribution in [0.1, 0.15) is 56.8 Å². The number of benzene rings is 3. The highest BCUT2D eigenvalue weighted by molar-refractivity contribution is 6.05. The van der Waals surface area contributed by atoms with Crippen molar-refractivity contribution in [2.45, 2.75) is 81.9 Å². The molecule has 3 aromatic rings. The van der Waals surface area contributed by atoms with Crippen LogP contribution in [0.15, 0.2) is 110 Å². The topological polar surface area (TPSA) is 138 Å². The summed E-state index contributed by atoms with van der Waals surface area (Å²) in [5, 5.41) is 14.0. The van der Waals surface area contributed by atoms with Crippen LogP contribution in [0.2, 0.25) is 0 Å². The van der Waals surface area contributed by atoms with Gasteiger partial charge in [0.15, 0.2) is 0 Å². The molecule has 314 valence electrons. The van der Waals surface area contributed by atoms with Crippen molar-refractivity contribution in [1.82, 2.24) is 10.2 Å². The third-order valence-electron chi connectivity index (χ3n) is 12.0. The van der Waals surface area contributed by atoms with Gasteiger partial charge in [-0.3, -0.25) is 19.2 Å². The number of allylic oxidation sites excluding steroid dienone is 1. The Kier molecular flexibility index (Phi) is 14.4. The van der Waals surface area contributed by atoms with Gasteiger partial charge in [0, 0.05) is 44.5 Å². The summed E-state index contributed by atoms with van der Waals surface area (Å²) in [5.74, 6) is -3.88. The van der Waals surface area contributed by atoms with Crippen LogP contribution in [0.25, 0.3) is 0 Å². The van der Waals surface area contributed by atoms with Crippen LogP contribution in [0.5, 0.6) is 0 Å². The van der Waals surface area contributed by atoms with Gasteiger partial charge in [0.25, 0.3) is 5.91 Å². The van der Waals surface area contributed by atoms with Crippen molar-refractivity contribution in [2.75, 3.05) is 49.8 Å². The molecule has 2 N–H and O–H groups in total. The van der Waals surface area contributed by atoms with E-state index in [1.165, 1.54) is 12.0 Å². The van der Waals surface area contributed by atoms with Crippen LogP contribution in [-0.2, 0) is 39.8 Å². The Labute approximate surface area is 347 Å². The molecule has 12 heteroatoms. The summed E-state index contributed by atoms with van der Waals surface area (Å²) >= 11 is 0. The number of fused-ring (bicyclic) bond motifs is 1. The number of likely N-dealkylation sites (tertiary alicyclic amines) is 1. The minimum absolute atomic E-state index is 0.0423. The third-order valence-corrected chi connectivity index (χ3v) is 12.0. The average Bonchev–Trinajstić information content (AvgIpc) is 3.91. The van der Waals surface area contributed by atoms with Crippen LogP contribution >= 0.6 is 0 Å². The predicted molar refractivity (Wildman–Crippen MR) is 227 cm³/mol. The molecule has 3 aliphatic rings. The van der Waals surface area contributed by atoms with E-state index in [9.17, 15) is 14.7 Å². The van der Waals surface area contributed by atoms with E-state index in [2.05, 4.69) is 37.2 Å². The number of aliphatic hydroxyl groups excluding tert-OH is 1. The van der Waals surface area contributed by atoms with Gasteiger partial charge in [0.05, 0.1) is 43.2 Å². The van der Waals surface area contributed by atoms with Gasteiger partial charge in [0.1, 0.15) is 17.7 Å². The number of nitrogens with one attached hydrogen (secondary N) is 1. The van der Waals surface area contributed by atoms with Crippen molar-refractivity contribution in [3.05, 3.63) is 121 Å². The summed E-state index contributed by atoms with van der Waals surface area (Å²) < 4.78 is 18.7. The van der Waals surface area contributed by atoms with Crippen LogP contribution < -0.4 is 15.1 Å². The standard InChI is InChI=1S/C47H58N4O8/c1-6-10-21-39(53)48-37(31-57-5)42(33-19-15-12-16-20-33)58-46(56)40-38-26-27-47(59-38)41(40)44(54)51(36(30-52)29-32-17-13-11-14-18-32)43(47)45(55)50(28-7-2)35-24-22-34(23-25-35)49(8-3)9-4/h6-7,11-20,22-25,36-38,40-43,52H,1-2,8-10,21,26-31H2,3-5H3,(H,48,53)/t36-,37+,38+,40-,41-,42+,43+,47-/m1/s1. The molecule has 3 aromatic carbocycles. The van der Waals surface area contributed by atoms with Gasteiger partial charge in [-0.05, 0) is 74.9 Å². The fourth-order valence-electron chi connectivity index (χ4n) is 9.33. The van der Waals surface area contributed by atoms with Crippen molar-refractivity contribution >= 4 is 35.1 Å². The molecule has 12 nitrogen and oxygen atoms in total. The van der Waals surface area contributed by atoms with E-state index in [-0.39, 0.29) is 37.8 Å². The van der Waals surface area contributed by atoms with Gasteiger partial charge in [0.2, 0.25) is 11.8 Å². The summed E-state index contributed by atoms with van der Waals surface area (Å²) in [4.78, 5) is 63.6. The highest BCUT2D eigenvalue weighted by atomic mass is 16.6. The number of aliphatic hydroxyl groups is 1. The molecule has 0 unspecified atom stereocenters. The number of hydrogen-bond acceptors (Lipinski definition) is 9. The number of methoxy groups -OCH3 is 1. The highest BCUT2D eigenvalue weighted by Crippen LogP contribution is 2.59. The van der Waals surface area contributed by atoms with E-state index in [0.29, 0.717) is 30.5 Å². The molecule has 3 heterocycles. The number of rotatable bonds is 21. The number of hydrogen-bond donors (Lipinski definition) is 2. The first-order valence-corrected chi connectivity index (χ1v) is 20.7. The fourth-order valence-corrected chi connectivity index (χ4v) is 9.33. The molecule has 0 aromatic heterocycles. The number of esters is 1. The number of carbonyl (C=O) groups excluding carboxylic acids is 4. The van der Waals surface area contributed by atoms with Gasteiger partial charge < -0.3 is 39.3 Å². The third kappa shape index (κ3) is 8.85. The van der Waals surface area contributed by atoms with E-state index in [1.54, 1.807) is 17.1 Å². The SMILES string of the molecule is C=CCCC(=O)N[C@@H](COC)[C@@H](OC(=O)[C@@H]1[C@@H]2CC[C@]3(O2)[C@H](C(=O)N(CC=C)c2ccc(N(CC)CC)cc2)N([C@@H](CO)Cc2ccccc2)C(=O)[C@@H]13)c1ccccc1. The zero-order valence-electron chi connectivity index (χ0n) is 34.4. The highest BCUT2D eigenvalue weighted by Gasteiger charge is 2.76. The normalized spacial score (nSPS) is 23.2. The molecular formula is C47H58N4O8. The number of carbonyl (C=O) groups is 4. The van der Waals surface area contributed by atoms with Crippen LogP contribution in [0.4, 0.5) is 11.4 Å². The summed E-state index contributed by atoms with van der Waals surface area (Å²) in [6, 6.07) is 23.6. The Morgan fingerprint density at radius 3 is 2.25 bits per heavy atom. The lowest BCUT2D eigenvalue weighted by Crippen LogP contribution is -2.59. The molecular weight excluding hydrogens is 749 g/mol.